The summed E-state index contributed by atoms with van der Waals surface area (Å²) in [5, 5.41) is 6.47. The van der Waals surface area contributed by atoms with Gasteiger partial charge in [-0.05, 0) is 61.6 Å². The second-order valence-electron chi connectivity index (χ2n) is 8.52. The maximum absolute atomic E-state index is 12.9. The lowest BCUT2D eigenvalue weighted by atomic mass is 9.67. The Kier molecular flexibility index (Phi) is 6.43. The Morgan fingerprint density at radius 3 is 2.52 bits per heavy atom. The third-order valence-corrected chi connectivity index (χ3v) is 6.09. The summed E-state index contributed by atoms with van der Waals surface area (Å²) in [5.74, 6) is 0.942. The van der Waals surface area contributed by atoms with E-state index in [0.717, 1.165) is 25.7 Å². The van der Waals surface area contributed by atoms with Crippen LogP contribution in [-0.2, 0) is 4.79 Å². The first-order valence-electron chi connectivity index (χ1n) is 9.99. The zero-order chi connectivity index (χ0) is 19.6. The van der Waals surface area contributed by atoms with E-state index in [1.807, 2.05) is 13.8 Å². The van der Waals surface area contributed by atoms with Crippen molar-refractivity contribution in [3.63, 3.8) is 0 Å². The van der Waals surface area contributed by atoms with Gasteiger partial charge in [-0.15, -0.1) is 0 Å². The largest absolute Gasteiger partial charge is 0.349 e. The molecule has 0 radical (unpaired) electrons. The molecule has 1 aromatic rings. The number of rotatable bonds is 5. The van der Waals surface area contributed by atoms with Crippen molar-refractivity contribution < 1.29 is 9.59 Å². The van der Waals surface area contributed by atoms with Crippen molar-refractivity contribution in [1.29, 1.82) is 0 Å². The summed E-state index contributed by atoms with van der Waals surface area (Å²) in [4.78, 5) is 24.9. The number of amides is 2. The van der Waals surface area contributed by atoms with Gasteiger partial charge in [0.1, 0.15) is 0 Å². The molecule has 6 heteroatoms. The fourth-order valence-electron chi connectivity index (χ4n) is 4.61. The van der Waals surface area contributed by atoms with Crippen LogP contribution in [0.2, 0.25) is 5.02 Å². The van der Waals surface area contributed by atoms with Gasteiger partial charge in [-0.1, -0.05) is 31.9 Å². The molecule has 1 aromatic carbocycles. The standard InChI is InChI=1S/C21H30ClN3O2/c1-12(2)8-19(26)24-16-6-7-18(22)17(11-16)21(27)25-20-13-4-3-5-14(20)10-15(23)9-13/h6-7,11-15,20H,3-5,8-10,23H2,1-2H3,(H,24,26)(H,25,27). The summed E-state index contributed by atoms with van der Waals surface area (Å²) < 4.78 is 0. The fourth-order valence-corrected chi connectivity index (χ4v) is 4.82. The van der Waals surface area contributed by atoms with Gasteiger partial charge in [0.2, 0.25) is 5.91 Å². The van der Waals surface area contributed by atoms with E-state index >= 15 is 0 Å². The summed E-state index contributed by atoms with van der Waals surface area (Å²) >= 11 is 6.28. The zero-order valence-corrected chi connectivity index (χ0v) is 16.9. The summed E-state index contributed by atoms with van der Waals surface area (Å²) in [6.07, 6.45) is 5.84. The molecule has 0 aromatic heterocycles. The maximum Gasteiger partial charge on any atom is 0.253 e. The van der Waals surface area contributed by atoms with E-state index in [9.17, 15) is 9.59 Å². The van der Waals surface area contributed by atoms with Gasteiger partial charge in [-0.2, -0.15) is 0 Å². The van der Waals surface area contributed by atoms with Crippen LogP contribution in [0.25, 0.3) is 0 Å². The SMILES string of the molecule is CC(C)CC(=O)Nc1ccc(Cl)c(C(=O)NC2C3CCCC2CC(N)C3)c1. The van der Waals surface area contributed by atoms with Crippen LogP contribution in [0.4, 0.5) is 5.69 Å². The topological polar surface area (TPSA) is 84.2 Å². The van der Waals surface area contributed by atoms with Crippen molar-refractivity contribution in [3.05, 3.63) is 28.8 Å². The lowest BCUT2D eigenvalue weighted by Crippen LogP contribution is -2.53. The van der Waals surface area contributed by atoms with Gasteiger partial charge >= 0.3 is 0 Å². The summed E-state index contributed by atoms with van der Waals surface area (Å²) in [6, 6.07) is 5.48. The Hall–Kier alpha value is -1.59. The highest BCUT2D eigenvalue weighted by molar-refractivity contribution is 6.34. The highest BCUT2D eigenvalue weighted by Gasteiger charge is 2.40. The molecule has 0 aliphatic heterocycles. The third kappa shape index (κ3) is 5.02. The van der Waals surface area contributed by atoms with Crippen molar-refractivity contribution in [3.8, 4) is 0 Å². The first-order valence-corrected chi connectivity index (χ1v) is 10.4. The molecule has 2 aliphatic carbocycles. The van der Waals surface area contributed by atoms with Crippen LogP contribution in [0.15, 0.2) is 18.2 Å². The van der Waals surface area contributed by atoms with Gasteiger partial charge in [0.05, 0.1) is 10.6 Å². The molecule has 27 heavy (non-hydrogen) atoms. The molecule has 2 saturated carbocycles. The molecule has 148 valence electrons. The minimum atomic E-state index is -0.169. The van der Waals surface area contributed by atoms with Gasteiger partial charge in [0, 0.05) is 24.2 Å². The normalized spacial score (nSPS) is 27.3. The first kappa shape index (κ1) is 20.2. The molecule has 2 amide bonds. The Balaban J connectivity index is 1.71. The van der Waals surface area contributed by atoms with Crippen LogP contribution in [-0.4, -0.2) is 23.9 Å². The lowest BCUT2D eigenvalue weighted by molar-refractivity contribution is -0.116. The summed E-state index contributed by atoms with van der Waals surface area (Å²) in [5.41, 5.74) is 7.19. The molecule has 2 atom stereocenters. The second-order valence-corrected chi connectivity index (χ2v) is 8.93. The number of carbonyl (C=O) groups is 2. The molecule has 2 aliphatic rings. The van der Waals surface area contributed by atoms with Crippen LogP contribution in [0.5, 0.6) is 0 Å². The molecule has 0 spiro atoms. The molecule has 2 unspecified atom stereocenters. The Morgan fingerprint density at radius 2 is 1.89 bits per heavy atom. The highest BCUT2D eigenvalue weighted by Crippen LogP contribution is 2.40. The molecular formula is C21H30ClN3O2. The van der Waals surface area contributed by atoms with E-state index in [4.69, 9.17) is 17.3 Å². The number of carbonyl (C=O) groups excluding carboxylic acids is 2. The number of benzene rings is 1. The van der Waals surface area contributed by atoms with Gasteiger partial charge in [-0.25, -0.2) is 0 Å². The van der Waals surface area contributed by atoms with E-state index in [-0.39, 0.29) is 29.8 Å². The molecule has 4 N–H and O–H groups in total. The van der Waals surface area contributed by atoms with Crippen LogP contribution in [0, 0.1) is 17.8 Å². The number of nitrogens with one attached hydrogen (secondary N) is 2. The molecule has 0 saturated heterocycles. The number of halogens is 1. The van der Waals surface area contributed by atoms with Crippen molar-refractivity contribution in [2.24, 2.45) is 23.5 Å². The Morgan fingerprint density at radius 1 is 1.22 bits per heavy atom. The van der Waals surface area contributed by atoms with E-state index in [1.54, 1.807) is 18.2 Å². The second kappa shape index (κ2) is 8.61. The Bertz CT molecular complexity index is 693. The highest BCUT2D eigenvalue weighted by atomic mass is 35.5. The van der Waals surface area contributed by atoms with E-state index in [2.05, 4.69) is 10.6 Å². The predicted molar refractivity (Wildman–Crippen MR) is 109 cm³/mol. The smallest absolute Gasteiger partial charge is 0.253 e. The van der Waals surface area contributed by atoms with Gasteiger partial charge in [-0.3, -0.25) is 9.59 Å². The van der Waals surface area contributed by atoms with Crippen molar-refractivity contribution in [1.82, 2.24) is 5.32 Å². The van der Waals surface area contributed by atoms with Crippen molar-refractivity contribution in [2.45, 2.75) is 64.5 Å². The van der Waals surface area contributed by atoms with Crippen LogP contribution < -0.4 is 16.4 Å². The average Bonchev–Trinajstić information content (AvgIpc) is 2.56. The molecule has 0 heterocycles. The quantitative estimate of drug-likeness (QED) is 0.710. The molecule has 2 fully saturated rings. The molecular weight excluding hydrogens is 362 g/mol. The molecule has 5 nitrogen and oxygen atoms in total. The zero-order valence-electron chi connectivity index (χ0n) is 16.1. The van der Waals surface area contributed by atoms with E-state index in [1.165, 1.54) is 6.42 Å². The van der Waals surface area contributed by atoms with Crippen molar-refractivity contribution in [2.75, 3.05) is 5.32 Å². The van der Waals surface area contributed by atoms with E-state index in [0.29, 0.717) is 34.5 Å². The lowest BCUT2D eigenvalue weighted by Gasteiger charge is -2.45. The Labute approximate surface area is 166 Å². The monoisotopic (exact) mass is 391 g/mol. The summed E-state index contributed by atoms with van der Waals surface area (Å²) in [6.45, 7) is 3.99. The number of fused-ring (bicyclic) bond motifs is 2. The minimum absolute atomic E-state index is 0.0607. The fraction of sp³-hybridized carbons (Fsp3) is 0.619. The predicted octanol–water partition coefficient (Wildman–Crippen LogP) is 3.96. The van der Waals surface area contributed by atoms with Gasteiger partial charge in [0.25, 0.3) is 5.91 Å². The van der Waals surface area contributed by atoms with Crippen LogP contribution in [0.3, 0.4) is 0 Å². The number of anilines is 1. The van der Waals surface area contributed by atoms with Crippen molar-refractivity contribution >= 4 is 29.1 Å². The first-order chi connectivity index (χ1) is 12.8. The van der Waals surface area contributed by atoms with Gasteiger partial charge in [0.15, 0.2) is 0 Å². The number of hydrogen-bond acceptors (Lipinski definition) is 3. The molecule has 3 rings (SSSR count). The van der Waals surface area contributed by atoms with Crippen LogP contribution in [0.1, 0.15) is 62.7 Å². The minimum Gasteiger partial charge on any atom is -0.349 e. The molecule has 2 bridgehead atoms. The average molecular weight is 392 g/mol. The van der Waals surface area contributed by atoms with Gasteiger partial charge < -0.3 is 16.4 Å². The third-order valence-electron chi connectivity index (χ3n) is 5.76. The van der Waals surface area contributed by atoms with Crippen LogP contribution >= 0.6 is 11.6 Å². The summed E-state index contributed by atoms with van der Waals surface area (Å²) in [7, 11) is 0. The number of hydrogen-bond donors (Lipinski definition) is 3. The van der Waals surface area contributed by atoms with E-state index < -0.39 is 0 Å². The number of nitrogens with two attached hydrogens (primary N) is 1. The maximum atomic E-state index is 12.9.